The van der Waals surface area contributed by atoms with Crippen LogP contribution in [0.4, 0.5) is 4.39 Å². The number of benzene rings is 1. The van der Waals surface area contributed by atoms with Crippen molar-refractivity contribution in [3.63, 3.8) is 0 Å². The quantitative estimate of drug-likeness (QED) is 0.915. The van der Waals surface area contributed by atoms with Gasteiger partial charge in [0.15, 0.2) is 5.69 Å². The van der Waals surface area contributed by atoms with Crippen LogP contribution >= 0.6 is 0 Å². The van der Waals surface area contributed by atoms with Crippen LogP contribution in [0.25, 0.3) is 11.3 Å². The van der Waals surface area contributed by atoms with Crippen molar-refractivity contribution < 1.29 is 19.0 Å². The van der Waals surface area contributed by atoms with E-state index < -0.39 is 11.8 Å². The van der Waals surface area contributed by atoms with Crippen molar-refractivity contribution in [1.82, 2.24) is 9.97 Å². The first-order chi connectivity index (χ1) is 9.11. The molecule has 0 fully saturated rings. The van der Waals surface area contributed by atoms with Crippen molar-refractivity contribution in [3.8, 4) is 17.0 Å². The molecule has 0 saturated carbocycles. The highest BCUT2D eigenvalue weighted by molar-refractivity contribution is 5.85. The van der Waals surface area contributed by atoms with Gasteiger partial charge in [0, 0.05) is 11.6 Å². The predicted molar refractivity (Wildman–Crippen MR) is 65.6 cm³/mol. The third-order valence-electron chi connectivity index (χ3n) is 2.38. The van der Waals surface area contributed by atoms with Gasteiger partial charge in [0.05, 0.1) is 24.7 Å². The van der Waals surface area contributed by atoms with E-state index in [9.17, 15) is 9.18 Å². The SMILES string of the molecule is CCOc1ccc(-c2cncc(C(=O)O)n2)c(F)c1. The summed E-state index contributed by atoms with van der Waals surface area (Å²) in [4.78, 5) is 18.4. The van der Waals surface area contributed by atoms with E-state index in [2.05, 4.69) is 9.97 Å². The van der Waals surface area contributed by atoms with Gasteiger partial charge >= 0.3 is 5.97 Å². The van der Waals surface area contributed by atoms with Crippen LogP contribution in [0.3, 0.4) is 0 Å². The largest absolute Gasteiger partial charge is 0.494 e. The highest BCUT2D eigenvalue weighted by atomic mass is 19.1. The van der Waals surface area contributed by atoms with Crippen LogP contribution in [0, 0.1) is 5.82 Å². The molecule has 0 saturated heterocycles. The normalized spacial score (nSPS) is 10.2. The lowest BCUT2D eigenvalue weighted by Gasteiger charge is -2.06. The average Bonchev–Trinajstić information content (AvgIpc) is 2.39. The summed E-state index contributed by atoms with van der Waals surface area (Å²) in [7, 11) is 0. The summed E-state index contributed by atoms with van der Waals surface area (Å²) in [5, 5.41) is 8.82. The molecular formula is C13H11FN2O3. The van der Waals surface area contributed by atoms with Crippen LogP contribution in [-0.4, -0.2) is 27.7 Å². The third kappa shape index (κ3) is 2.85. The maximum absolute atomic E-state index is 13.9. The molecule has 0 aliphatic heterocycles. The number of halogens is 1. The molecule has 0 aliphatic rings. The lowest BCUT2D eigenvalue weighted by molar-refractivity contribution is 0.0690. The molecule has 2 aromatic rings. The number of hydrogen-bond acceptors (Lipinski definition) is 4. The summed E-state index contributed by atoms with van der Waals surface area (Å²) in [6, 6.07) is 4.31. The fourth-order valence-corrected chi connectivity index (χ4v) is 1.56. The first-order valence-electron chi connectivity index (χ1n) is 5.60. The molecule has 0 bridgehead atoms. The lowest BCUT2D eigenvalue weighted by Crippen LogP contribution is -2.02. The molecule has 2 rings (SSSR count). The van der Waals surface area contributed by atoms with Gasteiger partial charge in [0.2, 0.25) is 0 Å². The molecule has 1 aromatic carbocycles. The van der Waals surface area contributed by atoms with Crippen molar-refractivity contribution in [2.24, 2.45) is 0 Å². The number of carboxylic acid groups (broad SMARTS) is 1. The number of ether oxygens (including phenoxy) is 1. The molecule has 1 N–H and O–H groups in total. The van der Waals surface area contributed by atoms with Crippen LogP contribution in [0.5, 0.6) is 5.75 Å². The van der Waals surface area contributed by atoms with Gasteiger partial charge in [0.25, 0.3) is 0 Å². The van der Waals surface area contributed by atoms with E-state index in [0.29, 0.717) is 12.4 Å². The molecule has 0 atom stereocenters. The van der Waals surface area contributed by atoms with Crippen molar-refractivity contribution in [2.75, 3.05) is 6.61 Å². The van der Waals surface area contributed by atoms with Gasteiger partial charge < -0.3 is 9.84 Å². The minimum Gasteiger partial charge on any atom is -0.494 e. The van der Waals surface area contributed by atoms with E-state index >= 15 is 0 Å². The average molecular weight is 262 g/mol. The van der Waals surface area contributed by atoms with Crippen LogP contribution in [0.15, 0.2) is 30.6 Å². The maximum atomic E-state index is 13.9. The van der Waals surface area contributed by atoms with Crippen molar-refractivity contribution in [1.29, 1.82) is 0 Å². The Morgan fingerprint density at radius 3 is 2.84 bits per heavy atom. The summed E-state index contributed by atoms with van der Waals surface area (Å²) >= 11 is 0. The van der Waals surface area contributed by atoms with E-state index in [0.717, 1.165) is 6.20 Å². The second kappa shape index (κ2) is 5.43. The molecule has 19 heavy (non-hydrogen) atoms. The molecule has 1 heterocycles. The van der Waals surface area contributed by atoms with Crippen LogP contribution in [-0.2, 0) is 0 Å². The second-order valence-electron chi connectivity index (χ2n) is 3.67. The summed E-state index contributed by atoms with van der Waals surface area (Å²) < 4.78 is 19.1. The molecule has 0 unspecified atom stereocenters. The van der Waals surface area contributed by atoms with Gasteiger partial charge in [-0.25, -0.2) is 14.2 Å². The van der Waals surface area contributed by atoms with Crippen LogP contribution < -0.4 is 4.74 Å². The van der Waals surface area contributed by atoms with E-state index in [1.807, 2.05) is 0 Å². The minimum atomic E-state index is -1.21. The molecule has 5 nitrogen and oxygen atoms in total. The smallest absolute Gasteiger partial charge is 0.356 e. The zero-order valence-electron chi connectivity index (χ0n) is 10.1. The number of hydrogen-bond donors (Lipinski definition) is 1. The van der Waals surface area contributed by atoms with E-state index in [1.54, 1.807) is 13.0 Å². The van der Waals surface area contributed by atoms with Gasteiger partial charge in [-0.05, 0) is 19.1 Å². The second-order valence-corrected chi connectivity index (χ2v) is 3.67. The van der Waals surface area contributed by atoms with E-state index in [4.69, 9.17) is 9.84 Å². The number of nitrogens with zero attached hydrogens (tertiary/aromatic N) is 2. The predicted octanol–water partition coefficient (Wildman–Crippen LogP) is 2.38. The van der Waals surface area contributed by atoms with Crippen molar-refractivity contribution in [2.45, 2.75) is 6.92 Å². The number of carboxylic acids is 1. The Hall–Kier alpha value is -2.50. The lowest BCUT2D eigenvalue weighted by atomic mass is 10.1. The maximum Gasteiger partial charge on any atom is 0.356 e. The van der Waals surface area contributed by atoms with Crippen molar-refractivity contribution in [3.05, 3.63) is 42.1 Å². The molecule has 1 aromatic heterocycles. The van der Waals surface area contributed by atoms with Gasteiger partial charge in [0.1, 0.15) is 11.6 Å². The highest BCUT2D eigenvalue weighted by Crippen LogP contribution is 2.24. The molecule has 0 spiro atoms. The van der Waals surface area contributed by atoms with Gasteiger partial charge in [-0.3, -0.25) is 4.98 Å². The topological polar surface area (TPSA) is 72.3 Å². The molecule has 0 radical (unpaired) electrons. The fraction of sp³-hybridized carbons (Fsp3) is 0.154. The van der Waals surface area contributed by atoms with Crippen molar-refractivity contribution >= 4 is 5.97 Å². The number of aromatic nitrogens is 2. The highest BCUT2D eigenvalue weighted by Gasteiger charge is 2.11. The van der Waals surface area contributed by atoms with Gasteiger partial charge in [-0.1, -0.05) is 0 Å². The summed E-state index contributed by atoms with van der Waals surface area (Å²) in [5.74, 6) is -1.34. The zero-order valence-corrected chi connectivity index (χ0v) is 10.1. The van der Waals surface area contributed by atoms with Crippen LogP contribution in [0.2, 0.25) is 0 Å². The third-order valence-corrected chi connectivity index (χ3v) is 2.38. The Bertz CT molecular complexity index is 617. The first kappa shape index (κ1) is 12.9. The Balaban J connectivity index is 2.41. The molecular weight excluding hydrogens is 251 g/mol. The first-order valence-corrected chi connectivity index (χ1v) is 5.60. The number of aromatic carboxylic acids is 1. The Morgan fingerprint density at radius 2 is 2.21 bits per heavy atom. The minimum absolute atomic E-state index is 0.167. The summed E-state index contributed by atoms with van der Waals surface area (Å²) in [6.45, 7) is 2.24. The summed E-state index contributed by atoms with van der Waals surface area (Å²) in [6.07, 6.45) is 2.42. The van der Waals surface area contributed by atoms with E-state index in [1.165, 1.54) is 18.3 Å². The Labute approximate surface area is 108 Å². The zero-order chi connectivity index (χ0) is 13.8. The number of rotatable bonds is 4. The molecule has 6 heteroatoms. The number of carbonyl (C=O) groups is 1. The van der Waals surface area contributed by atoms with Gasteiger partial charge in [-0.15, -0.1) is 0 Å². The van der Waals surface area contributed by atoms with Crippen LogP contribution in [0.1, 0.15) is 17.4 Å². The standard InChI is InChI=1S/C13H11FN2O3/c1-2-19-8-3-4-9(10(14)5-8)11-6-15-7-12(16-11)13(17)18/h3-7H,2H2,1H3,(H,17,18). The summed E-state index contributed by atoms with van der Waals surface area (Å²) in [5.41, 5.74) is 0.116. The molecule has 0 amide bonds. The molecule has 98 valence electrons. The fourth-order valence-electron chi connectivity index (χ4n) is 1.56. The van der Waals surface area contributed by atoms with E-state index in [-0.39, 0.29) is 17.0 Å². The Morgan fingerprint density at radius 1 is 1.42 bits per heavy atom. The van der Waals surface area contributed by atoms with Gasteiger partial charge in [-0.2, -0.15) is 0 Å². The molecule has 0 aliphatic carbocycles. The Kier molecular flexibility index (Phi) is 3.70. The monoisotopic (exact) mass is 262 g/mol.